The van der Waals surface area contributed by atoms with Gasteiger partial charge in [0, 0.05) is 26.5 Å². The van der Waals surface area contributed by atoms with E-state index in [1.54, 1.807) is 13.3 Å². The lowest BCUT2D eigenvalue weighted by Crippen LogP contribution is -2.12. The molecule has 0 bridgehead atoms. The van der Waals surface area contributed by atoms with E-state index < -0.39 is 0 Å². The predicted octanol–water partition coefficient (Wildman–Crippen LogP) is 7.20. The van der Waals surface area contributed by atoms with Crippen LogP contribution in [0, 0.1) is 17.8 Å². The minimum absolute atomic E-state index is 0.792. The Balaban J connectivity index is 0.000000511. The van der Waals surface area contributed by atoms with Gasteiger partial charge in [-0.1, -0.05) is 72.8 Å². The fraction of sp³-hybridized carbons (Fsp3) is 0.792. The van der Waals surface area contributed by atoms with Crippen molar-refractivity contribution in [2.75, 3.05) is 25.6 Å². The first-order chi connectivity index (χ1) is 13.1. The van der Waals surface area contributed by atoms with Crippen LogP contribution in [0.2, 0.25) is 0 Å². The van der Waals surface area contributed by atoms with Crippen LogP contribution >= 0.6 is 0 Å². The number of ether oxygens (including phenoxy) is 1. The summed E-state index contributed by atoms with van der Waals surface area (Å²) < 4.78 is 4.92. The van der Waals surface area contributed by atoms with E-state index in [0.717, 1.165) is 43.1 Å². The van der Waals surface area contributed by atoms with E-state index >= 15 is 0 Å². The van der Waals surface area contributed by atoms with Crippen LogP contribution in [0.25, 0.3) is 0 Å². The number of aromatic nitrogens is 1. The SMILES string of the molecule is CCC(CC)CC(CC)CC(CC)CC.COCCCNc1ccccn1. The van der Waals surface area contributed by atoms with Crippen molar-refractivity contribution < 1.29 is 4.74 Å². The van der Waals surface area contributed by atoms with Gasteiger partial charge < -0.3 is 10.1 Å². The molecule has 0 amide bonds. The van der Waals surface area contributed by atoms with Gasteiger partial charge in [-0.2, -0.15) is 0 Å². The van der Waals surface area contributed by atoms with Crippen LogP contribution in [0.5, 0.6) is 0 Å². The van der Waals surface area contributed by atoms with Crippen LogP contribution in [0.15, 0.2) is 24.4 Å². The maximum atomic E-state index is 4.92. The van der Waals surface area contributed by atoms with Gasteiger partial charge in [0.05, 0.1) is 0 Å². The number of nitrogens with one attached hydrogen (secondary N) is 1. The highest BCUT2D eigenvalue weighted by molar-refractivity contribution is 5.32. The molecule has 0 atom stereocenters. The number of hydrogen-bond acceptors (Lipinski definition) is 3. The lowest BCUT2D eigenvalue weighted by atomic mass is 9.82. The van der Waals surface area contributed by atoms with E-state index in [2.05, 4.69) is 44.9 Å². The summed E-state index contributed by atoms with van der Waals surface area (Å²) in [4.78, 5) is 4.12. The summed E-state index contributed by atoms with van der Waals surface area (Å²) in [5.41, 5.74) is 0. The summed E-state index contributed by atoms with van der Waals surface area (Å²) >= 11 is 0. The number of hydrogen-bond donors (Lipinski definition) is 1. The fourth-order valence-electron chi connectivity index (χ4n) is 3.52. The zero-order valence-corrected chi connectivity index (χ0v) is 19.0. The first kappa shape index (κ1) is 25.9. The maximum Gasteiger partial charge on any atom is 0.125 e. The largest absolute Gasteiger partial charge is 0.385 e. The molecule has 0 aliphatic heterocycles. The minimum Gasteiger partial charge on any atom is -0.385 e. The fourth-order valence-corrected chi connectivity index (χ4v) is 3.52. The molecule has 158 valence electrons. The van der Waals surface area contributed by atoms with Gasteiger partial charge in [0.2, 0.25) is 0 Å². The zero-order chi connectivity index (χ0) is 20.3. The average Bonchev–Trinajstić information content (AvgIpc) is 2.73. The molecule has 0 aromatic carbocycles. The number of nitrogens with zero attached hydrogens (tertiary/aromatic N) is 1. The molecule has 0 aliphatic rings. The van der Waals surface area contributed by atoms with Gasteiger partial charge in [-0.25, -0.2) is 4.98 Å². The van der Waals surface area contributed by atoms with Crippen molar-refractivity contribution in [3.63, 3.8) is 0 Å². The Bertz CT molecular complexity index is 388. The number of rotatable bonds is 14. The van der Waals surface area contributed by atoms with Crippen molar-refractivity contribution in [2.24, 2.45) is 17.8 Å². The van der Waals surface area contributed by atoms with Gasteiger partial charge in [-0.05, 0) is 49.1 Å². The van der Waals surface area contributed by atoms with Crippen LogP contribution in [-0.4, -0.2) is 25.2 Å². The van der Waals surface area contributed by atoms with E-state index in [1.165, 1.54) is 44.9 Å². The number of pyridine rings is 1. The van der Waals surface area contributed by atoms with E-state index in [4.69, 9.17) is 4.74 Å². The topological polar surface area (TPSA) is 34.1 Å². The monoisotopic (exact) mass is 378 g/mol. The van der Waals surface area contributed by atoms with Gasteiger partial charge in [0.1, 0.15) is 5.82 Å². The molecule has 0 fully saturated rings. The molecule has 1 heterocycles. The Kier molecular flexibility index (Phi) is 17.5. The van der Waals surface area contributed by atoms with E-state index in [-0.39, 0.29) is 0 Å². The highest BCUT2D eigenvalue weighted by Gasteiger charge is 2.16. The second kappa shape index (κ2) is 18.3. The first-order valence-electron chi connectivity index (χ1n) is 11.3. The quantitative estimate of drug-likeness (QED) is 0.348. The molecule has 0 aliphatic carbocycles. The zero-order valence-electron chi connectivity index (χ0n) is 19.0. The molecule has 27 heavy (non-hydrogen) atoms. The molecule has 1 rings (SSSR count). The number of anilines is 1. The van der Waals surface area contributed by atoms with E-state index in [0.29, 0.717) is 0 Å². The summed E-state index contributed by atoms with van der Waals surface area (Å²) in [6.07, 6.45) is 12.6. The van der Waals surface area contributed by atoms with Crippen molar-refractivity contribution in [3.05, 3.63) is 24.4 Å². The third-order valence-corrected chi connectivity index (χ3v) is 5.72. The molecule has 1 N–H and O–H groups in total. The Morgan fingerprint density at radius 2 is 1.41 bits per heavy atom. The lowest BCUT2D eigenvalue weighted by molar-refractivity contribution is 0.198. The smallest absolute Gasteiger partial charge is 0.125 e. The highest BCUT2D eigenvalue weighted by Crippen LogP contribution is 2.28. The third kappa shape index (κ3) is 13.7. The third-order valence-electron chi connectivity index (χ3n) is 5.72. The summed E-state index contributed by atoms with van der Waals surface area (Å²) in [6.45, 7) is 13.5. The van der Waals surface area contributed by atoms with Gasteiger partial charge in [-0.15, -0.1) is 0 Å². The van der Waals surface area contributed by atoms with Gasteiger partial charge in [0.15, 0.2) is 0 Å². The summed E-state index contributed by atoms with van der Waals surface area (Å²) in [6, 6.07) is 5.82. The first-order valence-corrected chi connectivity index (χ1v) is 11.3. The molecule has 1 aromatic rings. The molecule has 1 aromatic heterocycles. The average molecular weight is 379 g/mol. The van der Waals surface area contributed by atoms with Gasteiger partial charge >= 0.3 is 0 Å². The van der Waals surface area contributed by atoms with E-state index in [1.807, 2.05) is 18.2 Å². The second-order valence-corrected chi connectivity index (χ2v) is 7.60. The van der Waals surface area contributed by atoms with Crippen molar-refractivity contribution >= 4 is 5.82 Å². The van der Waals surface area contributed by atoms with Crippen molar-refractivity contribution in [3.8, 4) is 0 Å². The standard InChI is InChI=1S/C15H32.C9H14N2O/c1-6-13(7-2)11-15(10-5)12-14(8-3)9-4;1-12-8-4-7-11-9-5-2-3-6-10-9/h13-15H,6-12H2,1-5H3;2-3,5-6H,4,7-8H2,1H3,(H,10,11). The second-order valence-electron chi connectivity index (χ2n) is 7.60. The van der Waals surface area contributed by atoms with Crippen LogP contribution in [-0.2, 0) is 4.74 Å². The highest BCUT2D eigenvalue weighted by atomic mass is 16.5. The molecule has 0 radical (unpaired) electrons. The van der Waals surface area contributed by atoms with Crippen molar-refractivity contribution in [1.82, 2.24) is 4.98 Å². The Morgan fingerprint density at radius 1 is 0.852 bits per heavy atom. The summed E-state index contributed by atoms with van der Waals surface area (Å²) in [5, 5.41) is 3.19. The molecule has 3 nitrogen and oxygen atoms in total. The summed E-state index contributed by atoms with van der Waals surface area (Å²) in [7, 11) is 1.71. The lowest BCUT2D eigenvalue weighted by Gasteiger charge is -2.24. The van der Waals surface area contributed by atoms with Crippen molar-refractivity contribution in [1.29, 1.82) is 0 Å². The van der Waals surface area contributed by atoms with Crippen LogP contribution in [0.4, 0.5) is 5.82 Å². The molecular weight excluding hydrogens is 332 g/mol. The van der Waals surface area contributed by atoms with E-state index in [9.17, 15) is 0 Å². The van der Waals surface area contributed by atoms with Crippen molar-refractivity contribution in [2.45, 2.75) is 86.0 Å². The minimum atomic E-state index is 0.792. The molecule has 0 saturated heterocycles. The van der Waals surface area contributed by atoms with Gasteiger partial charge in [0.25, 0.3) is 0 Å². The molecular formula is C24H46N2O. The Hall–Kier alpha value is -1.09. The maximum absolute atomic E-state index is 4.92. The van der Waals surface area contributed by atoms with Crippen LogP contribution < -0.4 is 5.32 Å². The Morgan fingerprint density at radius 3 is 1.81 bits per heavy atom. The van der Waals surface area contributed by atoms with Crippen LogP contribution in [0.3, 0.4) is 0 Å². The molecule has 0 saturated carbocycles. The normalized spacial score (nSPS) is 11.0. The van der Waals surface area contributed by atoms with Gasteiger partial charge in [-0.3, -0.25) is 0 Å². The molecule has 0 spiro atoms. The number of methoxy groups -OCH3 is 1. The Labute approximate surface area is 169 Å². The summed E-state index contributed by atoms with van der Waals surface area (Å²) in [5.74, 6) is 3.86. The molecule has 3 heteroatoms. The molecule has 0 unspecified atom stereocenters. The predicted molar refractivity (Wildman–Crippen MR) is 120 cm³/mol. The van der Waals surface area contributed by atoms with Crippen LogP contribution in [0.1, 0.15) is 86.0 Å².